The van der Waals surface area contributed by atoms with E-state index in [4.69, 9.17) is 15.2 Å². The van der Waals surface area contributed by atoms with Gasteiger partial charge in [0.2, 0.25) is 0 Å². The van der Waals surface area contributed by atoms with Crippen LogP contribution in [0.15, 0.2) is 18.2 Å². The van der Waals surface area contributed by atoms with Crippen LogP contribution >= 0.6 is 0 Å². The molecule has 0 amide bonds. The minimum atomic E-state index is -0.216. The summed E-state index contributed by atoms with van der Waals surface area (Å²) in [7, 11) is 0. The standard InChI is InChI=1S/C16H22FNO2/c1-11-2-3-13(17)8-14(11)15(18)12-4-6-20-16(9-12)5-7-19-10-16/h2-3,8,12,15H,4-7,9-10,18H2,1H3. The number of hydrogen-bond acceptors (Lipinski definition) is 3. The predicted molar refractivity (Wildman–Crippen MR) is 74.9 cm³/mol. The molecule has 0 radical (unpaired) electrons. The Kier molecular flexibility index (Phi) is 3.80. The van der Waals surface area contributed by atoms with Gasteiger partial charge in [0.25, 0.3) is 0 Å². The van der Waals surface area contributed by atoms with Crippen LogP contribution in [0.5, 0.6) is 0 Å². The summed E-state index contributed by atoms with van der Waals surface area (Å²) in [5.74, 6) is 0.109. The van der Waals surface area contributed by atoms with Crippen molar-refractivity contribution in [2.24, 2.45) is 11.7 Å². The molecule has 1 spiro atoms. The maximum absolute atomic E-state index is 13.5. The van der Waals surface area contributed by atoms with Crippen LogP contribution in [0.4, 0.5) is 4.39 Å². The summed E-state index contributed by atoms with van der Waals surface area (Å²) < 4.78 is 24.9. The highest BCUT2D eigenvalue weighted by molar-refractivity contribution is 5.30. The van der Waals surface area contributed by atoms with E-state index in [2.05, 4.69) is 0 Å². The van der Waals surface area contributed by atoms with E-state index in [1.807, 2.05) is 6.92 Å². The van der Waals surface area contributed by atoms with Crippen molar-refractivity contribution in [2.45, 2.75) is 37.8 Å². The zero-order valence-electron chi connectivity index (χ0n) is 11.9. The van der Waals surface area contributed by atoms with Gasteiger partial charge < -0.3 is 15.2 Å². The van der Waals surface area contributed by atoms with Crippen molar-refractivity contribution < 1.29 is 13.9 Å². The Bertz CT molecular complexity index is 485. The molecule has 3 atom stereocenters. The molecule has 0 saturated carbocycles. The second kappa shape index (κ2) is 5.43. The molecule has 2 fully saturated rings. The van der Waals surface area contributed by atoms with Crippen LogP contribution in [0.25, 0.3) is 0 Å². The smallest absolute Gasteiger partial charge is 0.123 e. The van der Waals surface area contributed by atoms with Gasteiger partial charge in [-0.05, 0) is 48.9 Å². The molecule has 0 bridgehead atoms. The Morgan fingerprint density at radius 2 is 2.25 bits per heavy atom. The normalized spacial score (nSPS) is 31.6. The van der Waals surface area contributed by atoms with Crippen LogP contribution in [0.2, 0.25) is 0 Å². The Hall–Kier alpha value is -0.970. The number of aryl methyl sites for hydroxylation is 1. The number of nitrogens with two attached hydrogens (primary N) is 1. The molecule has 3 unspecified atom stereocenters. The van der Waals surface area contributed by atoms with Crippen molar-refractivity contribution in [3.8, 4) is 0 Å². The second-order valence-electron chi connectivity index (χ2n) is 6.11. The third kappa shape index (κ3) is 2.60. The van der Waals surface area contributed by atoms with Crippen LogP contribution in [0.3, 0.4) is 0 Å². The maximum atomic E-state index is 13.5. The molecule has 20 heavy (non-hydrogen) atoms. The molecule has 1 aromatic rings. The summed E-state index contributed by atoms with van der Waals surface area (Å²) in [4.78, 5) is 0. The first-order valence-corrected chi connectivity index (χ1v) is 7.33. The molecule has 2 aliphatic heterocycles. The van der Waals surface area contributed by atoms with Crippen LogP contribution in [0, 0.1) is 18.7 Å². The average molecular weight is 279 g/mol. The Morgan fingerprint density at radius 3 is 3.00 bits per heavy atom. The zero-order chi connectivity index (χ0) is 14.2. The first-order chi connectivity index (χ1) is 9.60. The molecule has 0 aliphatic carbocycles. The SMILES string of the molecule is Cc1ccc(F)cc1C(N)C1CCOC2(CCOC2)C1. The molecule has 3 nitrogen and oxygen atoms in total. The highest BCUT2D eigenvalue weighted by Crippen LogP contribution is 2.40. The van der Waals surface area contributed by atoms with Crippen molar-refractivity contribution in [3.63, 3.8) is 0 Å². The molecule has 0 aromatic heterocycles. The summed E-state index contributed by atoms with van der Waals surface area (Å²) in [6.45, 7) is 4.14. The molecule has 110 valence electrons. The highest BCUT2D eigenvalue weighted by Gasteiger charge is 2.42. The van der Waals surface area contributed by atoms with E-state index >= 15 is 0 Å². The Morgan fingerprint density at radius 1 is 1.40 bits per heavy atom. The first kappa shape index (κ1) is 14.0. The third-order valence-electron chi connectivity index (χ3n) is 4.71. The fourth-order valence-electron chi connectivity index (χ4n) is 3.46. The topological polar surface area (TPSA) is 44.5 Å². The summed E-state index contributed by atoms with van der Waals surface area (Å²) in [5, 5.41) is 0. The lowest BCUT2D eigenvalue weighted by Gasteiger charge is -2.39. The molecule has 2 saturated heterocycles. The summed E-state index contributed by atoms with van der Waals surface area (Å²) >= 11 is 0. The van der Waals surface area contributed by atoms with Gasteiger partial charge in [-0.15, -0.1) is 0 Å². The monoisotopic (exact) mass is 279 g/mol. The van der Waals surface area contributed by atoms with Crippen molar-refractivity contribution in [1.82, 2.24) is 0 Å². The van der Waals surface area contributed by atoms with E-state index in [0.717, 1.165) is 43.6 Å². The van der Waals surface area contributed by atoms with Crippen LogP contribution in [-0.4, -0.2) is 25.4 Å². The molecule has 3 rings (SSSR count). The number of halogens is 1. The van der Waals surface area contributed by atoms with Gasteiger partial charge in [-0.2, -0.15) is 0 Å². The van der Waals surface area contributed by atoms with Gasteiger partial charge >= 0.3 is 0 Å². The van der Waals surface area contributed by atoms with Gasteiger partial charge in [0.05, 0.1) is 12.2 Å². The largest absolute Gasteiger partial charge is 0.378 e. The van der Waals surface area contributed by atoms with Gasteiger partial charge in [0.15, 0.2) is 0 Å². The number of hydrogen-bond donors (Lipinski definition) is 1. The van der Waals surface area contributed by atoms with E-state index in [1.54, 1.807) is 12.1 Å². The van der Waals surface area contributed by atoms with E-state index in [1.165, 1.54) is 6.07 Å². The van der Waals surface area contributed by atoms with Crippen molar-refractivity contribution in [3.05, 3.63) is 35.1 Å². The first-order valence-electron chi connectivity index (χ1n) is 7.33. The fraction of sp³-hybridized carbons (Fsp3) is 0.625. The molecule has 2 aliphatic rings. The lowest BCUT2D eigenvalue weighted by molar-refractivity contribution is -0.101. The summed E-state index contributed by atoms with van der Waals surface area (Å²) in [6, 6.07) is 4.74. The molecule has 1 aromatic carbocycles. The van der Waals surface area contributed by atoms with Crippen molar-refractivity contribution in [2.75, 3.05) is 19.8 Å². The molecular weight excluding hydrogens is 257 g/mol. The quantitative estimate of drug-likeness (QED) is 0.905. The van der Waals surface area contributed by atoms with Crippen molar-refractivity contribution >= 4 is 0 Å². The highest BCUT2D eigenvalue weighted by atomic mass is 19.1. The lowest BCUT2D eigenvalue weighted by atomic mass is 9.78. The number of rotatable bonds is 2. The van der Waals surface area contributed by atoms with Crippen LogP contribution in [0.1, 0.15) is 36.4 Å². The van der Waals surface area contributed by atoms with Crippen molar-refractivity contribution in [1.29, 1.82) is 0 Å². The second-order valence-corrected chi connectivity index (χ2v) is 6.11. The molecule has 2 N–H and O–H groups in total. The minimum absolute atomic E-state index is 0.132. The van der Waals surface area contributed by atoms with Gasteiger partial charge in [0.1, 0.15) is 5.82 Å². The van der Waals surface area contributed by atoms with Crippen LogP contribution in [-0.2, 0) is 9.47 Å². The van der Waals surface area contributed by atoms with Gasteiger partial charge in [0, 0.05) is 25.7 Å². The average Bonchev–Trinajstić information content (AvgIpc) is 2.88. The lowest BCUT2D eigenvalue weighted by Crippen LogP contribution is -2.43. The van der Waals surface area contributed by atoms with E-state index < -0.39 is 0 Å². The van der Waals surface area contributed by atoms with Crippen LogP contribution < -0.4 is 5.73 Å². The Balaban J connectivity index is 1.79. The molecule has 2 heterocycles. The van der Waals surface area contributed by atoms with E-state index in [9.17, 15) is 4.39 Å². The number of ether oxygens (including phenoxy) is 2. The zero-order valence-corrected chi connectivity index (χ0v) is 11.9. The maximum Gasteiger partial charge on any atom is 0.123 e. The molecule has 4 heteroatoms. The summed E-state index contributed by atoms with van der Waals surface area (Å²) in [5.41, 5.74) is 8.26. The Labute approximate surface area is 119 Å². The van der Waals surface area contributed by atoms with Gasteiger partial charge in [-0.1, -0.05) is 6.07 Å². The van der Waals surface area contributed by atoms with Gasteiger partial charge in [-0.3, -0.25) is 0 Å². The predicted octanol–water partition coefficient (Wildman–Crippen LogP) is 2.72. The minimum Gasteiger partial charge on any atom is -0.378 e. The van der Waals surface area contributed by atoms with Gasteiger partial charge in [-0.25, -0.2) is 4.39 Å². The number of benzene rings is 1. The van der Waals surface area contributed by atoms with E-state index in [-0.39, 0.29) is 17.5 Å². The fourth-order valence-corrected chi connectivity index (χ4v) is 3.46. The third-order valence-corrected chi connectivity index (χ3v) is 4.71. The molecular formula is C16H22FNO2. The van der Waals surface area contributed by atoms with E-state index in [0.29, 0.717) is 12.5 Å². The summed E-state index contributed by atoms with van der Waals surface area (Å²) in [6.07, 6.45) is 2.78.